The van der Waals surface area contributed by atoms with Gasteiger partial charge in [-0.05, 0) is 30.8 Å². The third kappa shape index (κ3) is 4.87. The average molecular weight is 255 g/mol. The van der Waals surface area contributed by atoms with Crippen LogP contribution in [0.5, 0.6) is 0 Å². The van der Waals surface area contributed by atoms with Crippen LogP contribution in [0.1, 0.15) is 5.56 Å². The molecule has 1 amide bonds. The fourth-order valence-electron chi connectivity index (χ4n) is 1.31. The number of nitrogens with zero attached hydrogens (tertiary/aromatic N) is 1. The van der Waals surface area contributed by atoms with Gasteiger partial charge in [0.05, 0.1) is 6.04 Å². The van der Waals surface area contributed by atoms with Gasteiger partial charge in [0, 0.05) is 12.1 Å². The number of hydrogen-bond acceptors (Lipinski definition) is 3. The number of nitrogens with one attached hydrogen (secondary N) is 1. The number of carbonyl (C=O) groups is 1. The zero-order chi connectivity index (χ0) is 12.7. The molecule has 0 heterocycles. The minimum Gasteiger partial charge on any atom is -0.447 e. The predicted molar refractivity (Wildman–Crippen MR) is 68.9 cm³/mol. The zero-order valence-corrected chi connectivity index (χ0v) is 10.4. The van der Waals surface area contributed by atoms with E-state index in [0.29, 0.717) is 11.4 Å². The van der Waals surface area contributed by atoms with E-state index in [0.717, 1.165) is 5.56 Å². The van der Waals surface area contributed by atoms with E-state index in [2.05, 4.69) is 17.0 Å². The van der Waals surface area contributed by atoms with Crippen LogP contribution in [0.15, 0.2) is 29.3 Å². The Balaban J connectivity index is 2.49. The van der Waals surface area contributed by atoms with Crippen LogP contribution in [0.25, 0.3) is 0 Å². The predicted octanol–water partition coefficient (Wildman–Crippen LogP) is 2.31. The van der Waals surface area contributed by atoms with E-state index in [4.69, 9.17) is 16.3 Å². The molecular weight excluding hydrogens is 240 g/mol. The van der Waals surface area contributed by atoms with Gasteiger partial charge in [-0.25, -0.2) is 4.79 Å². The van der Waals surface area contributed by atoms with Crippen molar-refractivity contribution in [2.24, 2.45) is 4.99 Å². The maximum absolute atomic E-state index is 10.9. The first-order valence-corrected chi connectivity index (χ1v) is 5.58. The highest BCUT2D eigenvalue weighted by atomic mass is 35.5. The van der Waals surface area contributed by atoms with Crippen LogP contribution in [0.4, 0.5) is 4.79 Å². The lowest BCUT2D eigenvalue weighted by Crippen LogP contribution is -2.25. The van der Waals surface area contributed by atoms with Gasteiger partial charge in [-0.15, -0.1) is 0 Å². The molecule has 0 spiro atoms. The number of ether oxygens (including phenoxy) is 1. The molecule has 5 heteroatoms. The number of halogens is 1. The molecule has 0 aromatic heterocycles. The maximum atomic E-state index is 10.9. The molecule has 0 fully saturated rings. The highest BCUT2D eigenvalue weighted by Gasteiger charge is 2.09. The lowest BCUT2D eigenvalue weighted by atomic mass is 10.1. The molecule has 0 saturated heterocycles. The van der Waals surface area contributed by atoms with Crippen molar-refractivity contribution in [2.75, 3.05) is 13.7 Å². The number of hydrogen-bond donors (Lipinski definition) is 1. The molecule has 1 aromatic carbocycles. The van der Waals surface area contributed by atoms with Crippen LogP contribution in [0.2, 0.25) is 5.02 Å². The first kappa shape index (κ1) is 13.5. The van der Waals surface area contributed by atoms with Crippen molar-refractivity contribution in [3.63, 3.8) is 0 Å². The molecule has 4 nitrogen and oxygen atoms in total. The van der Waals surface area contributed by atoms with Gasteiger partial charge in [-0.3, -0.25) is 4.99 Å². The zero-order valence-electron chi connectivity index (χ0n) is 9.65. The number of alkyl carbamates (subject to hydrolysis) is 1. The van der Waals surface area contributed by atoms with Crippen molar-refractivity contribution in [3.05, 3.63) is 34.9 Å². The number of amides is 1. The summed E-state index contributed by atoms with van der Waals surface area (Å²) in [6.07, 6.45) is 0.201. The minimum absolute atomic E-state index is 0.145. The molecule has 1 aromatic rings. The lowest BCUT2D eigenvalue weighted by molar-refractivity contribution is 0.141. The third-order valence-electron chi connectivity index (χ3n) is 2.25. The van der Waals surface area contributed by atoms with Crippen LogP contribution in [-0.2, 0) is 11.2 Å². The molecule has 0 aliphatic heterocycles. The van der Waals surface area contributed by atoms with E-state index in [9.17, 15) is 4.79 Å². The second kappa shape index (κ2) is 6.91. The number of rotatable bonds is 5. The van der Waals surface area contributed by atoms with E-state index < -0.39 is 6.09 Å². The van der Waals surface area contributed by atoms with E-state index in [1.165, 1.54) is 7.05 Å². The highest BCUT2D eigenvalue weighted by molar-refractivity contribution is 6.30. The van der Waals surface area contributed by atoms with Crippen LogP contribution in [0, 0.1) is 0 Å². The van der Waals surface area contributed by atoms with Gasteiger partial charge < -0.3 is 10.1 Å². The van der Waals surface area contributed by atoms with E-state index in [-0.39, 0.29) is 12.6 Å². The first-order chi connectivity index (χ1) is 8.15. The van der Waals surface area contributed by atoms with Crippen molar-refractivity contribution in [3.8, 4) is 0 Å². The quantitative estimate of drug-likeness (QED) is 0.820. The maximum Gasteiger partial charge on any atom is 0.406 e. The standard InChI is InChI=1S/C12H15ClN2O2/c1-14-11(8-17-12(16)15-2)7-9-3-5-10(13)6-4-9/h3-6,11H,1,7-8H2,2H3,(H,15,16)/t11-/m1/s1. The van der Waals surface area contributed by atoms with E-state index in [1.807, 2.05) is 24.3 Å². The molecule has 0 aliphatic rings. The second-order valence-corrected chi connectivity index (χ2v) is 3.95. The van der Waals surface area contributed by atoms with Gasteiger partial charge in [0.15, 0.2) is 0 Å². The molecular formula is C12H15ClN2O2. The molecule has 17 heavy (non-hydrogen) atoms. The Kier molecular flexibility index (Phi) is 5.49. The Labute approximate surface area is 106 Å². The van der Waals surface area contributed by atoms with Crippen molar-refractivity contribution >= 4 is 24.4 Å². The van der Waals surface area contributed by atoms with Crippen molar-refractivity contribution < 1.29 is 9.53 Å². The fraction of sp³-hybridized carbons (Fsp3) is 0.333. The van der Waals surface area contributed by atoms with Crippen LogP contribution >= 0.6 is 11.6 Å². The second-order valence-electron chi connectivity index (χ2n) is 3.52. The summed E-state index contributed by atoms with van der Waals surface area (Å²) in [6.45, 7) is 3.70. The van der Waals surface area contributed by atoms with E-state index in [1.54, 1.807) is 0 Å². The summed E-state index contributed by atoms with van der Waals surface area (Å²) in [4.78, 5) is 14.8. The fourth-order valence-corrected chi connectivity index (χ4v) is 1.44. The average Bonchev–Trinajstić information content (AvgIpc) is 2.36. The molecule has 1 rings (SSSR count). The molecule has 92 valence electrons. The molecule has 0 bridgehead atoms. The third-order valence-corrected chi connectivity index (χ3v) is 2.51. The monoisotopic (exact) mass is 254 g/mol. The Hall–Kier alpha value is -1.55. The summed E-state index contributed by atoms with van der Waals surface area (Å²) >= 11 is 5.79. The summed E-state index contributed by atoms with van der Waals surface area (Å²) < 4.78 is 4.93. The first-order valence-electron chi connectivity index (χ1n) is 5.20. The summed E-state index contributed by atoms with van der Waals surface area (Å²) in [5.41, 5.74) is 1.08. The Morgan fingerprint density at radius 3 is 2.71 bits per heavy atom. The van der Waals surface area contributed by atoms with Gasteiger partial charge >= 0.3 is 6.09 Å². The molecule has 0 radical (unpaired) electrons. The molecule has 0 saturated carbocycles. The largest absolute Gasteiger partial charge is 0.447 e. The summed E-state index contributed by atoms with van der Waals surface area (Å²) in [5.74, 6) is 0. The van der Waals surface area contributed by atoms with Gasteiger partial charge in [-0.1, -0.05) is 23.7 Å². The topological polar surface area (TPSA) is 50.7 Å². The lowest BCUT2D eigenvalue weighted by Gasteiger charge is -2.12. The minimum atomic E-state index is -0.463. The van der Waals surface area contributed by atoms with Gasteiger partial charge in [0.2, 0.25) is 0 Å². The number of carbonyl (C=O) groups excluding carboxylic acids is 1. The molecule has 0 unspecified atom stereocenters. The van der Waals surface area contributed by atoms with Crippen LogP contribution in [-0.4, -0.2) is 32.5 Å². The van der Waals surface area contributed by atoms with E-state index >= 15 is 0 Å². The van der Waals surface area contributed by atoms with Gasteiger partial charge in [0.25, 0.3) is 0 Å². The Morgan fingerprint density at radius 2 is 2.18 bits per heavy atom. The van der Waals surface area contributed by atoms with Crippen molar-refractivity contribution in [2.45, 2.75) is 12.5 Å². The Morgan fingerprint density at radius 1 is 1.53 bits per heavy atom. The summed E-state index contributed by atoms with van der Waals surface area (Å²) in [5, 5.41) is 3.07. The number of aliphatic imine (C=N–C) groups is 1. The van der Waals surface area contributed by atoms with Crippen LogP contribution < -0.4 is 5.32 Å². The van der Waals surface area contributed by atoms with Crippen molar-refractivity contribution in [1.29, 1.82) is 0 Å². The molecule has 1 N–H and O–H groups in total. The molecule has 1 atom stereocenters. The van der Waals surface area contributed by atoms with Gasteiger partial charge in [-0.2, -0.15) is 0 Å². The van der Waals surface area contributed by atoms with Gasteiger partial charge in [0.1, 0.15) is 6.61 Å². The van der Waals surface area contributed by atoms with Crippen LogP contribution in [0.3, 0.4) is 0 Å². The summed E-state index contributed by atoms with van der Waals surface area (Å²) in [7, 11) is 1.51. The van der Waals surface area contributed by atoms with Crippen molar-refractivity contribution in [1.82, 2.24) is 5.32 Å². The Bertz CT molecular complexity index is 379. The smallest absolute Gasteiger partial charge is 0.406 e. The molecule has 0 aliphatic carbocycles. The SMILES string of the molecule is C=N[C@@H](COC(=O)NC)Cc1ccc(Cl)cc1. The normalized spacial score (nSPS) is 11.6. The summed E-state index contributed by atoms with van der Waals surface area (Å²) in [6, 6.07) is 7.32. The number of benzene rings is 1. The highest BCUT2D eigenvalue weighted by Crippen LogP contribution is 2.12.